The summed E-state index contributed by atoms with van der Waals surface area (Å²) in [6, 6.07) is 7.80. The van der Waals surface area contributed by atoms with Gasteiger partial charge in [-0.2, -0.15) is 0 Å². The molecule has 106 valence electrons. The predicted molar refractivity (Wildman–Crippen MR) is 82.3 cm³/mol. The molecule has 0 aromatic heterocycles. The first-order valence-corrected chi connectivity index (χ1v) is 8.01. The van der Waals surface area contributed by atoms with E-state index in [2.05, 4.69) is 22.9 Å². The lowest BCUT2D eigenvalue weighted by Crippen LogP contribution is -2.25. The number of hydrogen-bond donors (Lipinski definition) is 0. The summed E-state index contributed by atoms with van der Waals surface area (Å²) < 4.78 is 10.9. The lowest BCUT2D eigenvalue weighted by molar-refractivity contribution is 0.226. The molecule has 1 aliphatic rings. The number of hydrogen-bond acceptors (Lipinski definition) is 2. The molecule has 0 saturated heterocycles. The van der Waals surface area contributed by atoms with Crippen LogP contribution >= 0.6 is 15.9 Å². The minimum atomic E-state index is 0.670. The van der Waals surface area contributed by atoms with Crippen LogP contribution in [0.5, 0.6) is 11.5 Å². The zero-order valence-electron chi connectivity index (χ0n) is 11.8. The van der Waals surface area contributed by atoms with Gasteiger partial charge in [0.1, 0.15) is 11.5 Å². The quantitative estimate of drug-likeness (QED) is 0.732. The molecular weight excluding hydrogens is 304 g/mol. The van der Waals surface area contributed by atoms with E-state index in [1.54, 1.807) is 7.11 Å². The van der Waals surface area contributed by atoms with Crippen LogP contribution in [0.15, 0.2) is 24.3 Å². The first kappa shape index (κ1) is 14.7. The fourth-order valence-corrected chi connectivity index (χ4v) is 3.51. The Morgan fingerprint density at radius 2 is 1.84 bits per heavy atom. The van der Waals surface area contributed by atoms with Gasteiger partial charge in [0, 0.05) is 4.83 Å². The maximum atomic E-state index is 5.82. The van der Waals surface area contributed by atoms with E-state index in [0.717, 1.165) is 36.4 Å². The van der Waals surface area contributed by atoms with Crippen LogP contribution in [0.2, 0.25) is 0 Å². The molecule has 3 heteroatoms. The number of alkyl halides is 1. The van der Waals surface area contributed by atoms with Crippen molar-refractivity contribution in [2.24, 2.45) is 11.8 Å². The molecule has 1 aliphatic carbocycles. The van der Waals surface area contributed by atoms with Crippen LogP contribution in [0, 0.1) is 11.8 Å². The van der Waals surface area contributed by atoms with Crippen molar-refractivity contribution in [1.29, 1.82) is 0 Å². The smallest absolute Gasteiger partial charge is 0.119 e. The number of halogens is 1. The molecule has 1 saturated carbocycles. The number of ether oxygens (including phenoxy) is 2. The first-order valence-electron chi connectivity index (χ1n) is 7.10. The highest BCUT2D eigenvalue weighted by atomic mass is 79.9. The van der Waals surface area contributed by atoms with E-state index in [4.69, 9.17) is 9.47 Å². The van der Waals surface area contributed by atoms with Gasteiger partial charge >= 0.3 is 0 Å². The molecule has 0 radical (unpaired) electrons. The van der Waals surface area contributed by atoms with Gasteiger partial charge in [-0.1, -0.05) is 22.9 Å². The van der Waals surface area contributed by atoms with E-state index in [1.807, 2.05) is 24.3 Å². The van der Waals surface area contributed by atoms with Crippen molar-refractivity contribution in [1.82, 2.24) is 0 Å². The van der Waals surface area contributed by atoms with Gasteiger partial charge in [0.05, 0.1) is 13.7 Å². The topological polar surface area (TPSA) is 18.5 Å². The Morgan fingerprint density at radius 3 is 2.53 bits per heavy atom. The molecule has 0 amide bonds. The van der Waals surface area contributed by atoms with Crippen molar-refractivity contribution in [3.63, 3.8) is 0 Å². The van der Waals surface area contributed by atoms with E-state index in [-0.39, 0.29) is 0 Å². The van der Waals surface area contributed by atoms with Crippen molar-refractivity contribution < 1.29 is 9.47 Å². The molecule has 19 heavy (non-hydrogen) atoms. The third-order valence-corrected chi connectivity index (χ3v) is 5.17. The summed E-state index contributed by atoms with van der Waals surface area (Å²) in [7, 11) is 1.68. The standard InChI is InChI=1S/C16H23BrO2/c1-12-3-8-16(17)13(11-12)9-10-19-15-6-4-14(18-2)5-7-15/h4-7,12-13,16H,3,8-11H2,1-2H3. The average Bonchev–Trinajstić information content (AvgIpc) is 2.43. The molecule has 0 N–H and O–H groups in total. The normalized spacial score (nSPS) is 27.0. The maximum Gasteiger partial charge on any atom is 0.119 e. The Balaban J connectivity index is 1.75. The summed E-state index contributed by atoms with van der Waals surface area (Å²) in [6.07, 6.45) is 5.11. The molecule has 3 atom stereocenters. The number of rotatable bonds is 5. The zero-order chi connectivity index (χ0) is 13.7. The number of benzene rings is 1. The van der Waals surface area contributed by atoms with Gasteiger partial charge in [-0.25, -0.2) is 0 Å². The van der Waals surface area contributed by atoms with Crippen LogP contribution in [-0.2, 0) is 0 Å². The van der Waals surface area contributed by atoms with E-state index >= 15 is 0 Å². The fourth-order valence-electron chi connectivity index (χ4n) is 2.76. The van der Waals surface area contributed by atoms with Gasteiger partial charge in [-0.15, -0.1) is 0 Å². The molecule has 1 fully saturated rings. The average molecular weight is 327 g/mol. The molecule has 1 aromatic rings. The van der Waals surface area contributed by atoms with E-state index in [0.29, 0.717) is 4.83 Å². The highest BCUT2D eigenvalue weighted by Crippen LogP contribution is 2.35. The highest BCUT2D eigenvalue weighted by Gasteiger charge is 2.26. The molecule has 3 unspecified atom stereocenters. The van der Waals surface area contributed by atoms with E-state index in [1.165, 1.54) is 19.3 Å². The van der Waals surface area contributed by atoms with Gasteiger partial charge in [0.15, 0.2) is 0 Å². The molecule has 0 aliphatic heterocycles. The lowest BCUT2D eigenvalue weighted by atomic mass is 9.81. The van der Waals surface area contributed by atoms with Crippen molar-refractivity contribution in [3.8, 4) is 11.5 Å². The van der Waals surface area contributed by atoms with Crippen molar-refractivity contribution >= 4 is 15.9 Å². The SMILES string of the molecule is COc1ccc(OCCC2CC(C)CCC2Br)cc1. The van der Waals surface area contributed by atoms with Crippen LogP contribution in [0.3, 0.4) is 0 Å². The summed E-state index contributed by atoms with van der Waals surface area (Å²) in [6.45, 7) is 3.15. The largest absolute Gasteiger partial charge is 0.497 e. The van der Waals surface area contributed by atoms with E-state index < -0.39 is 0 Å². The zero-order valence-corrected chi connectivity index (χ0v) is 13.4. The second kappa shape index (κ2) is 7.18. The molecule has 0 bridgehead atoms. The molecular formula is C16H23BrO2. The maximum absolute atomic E-state index is 5.82. The lowest BCUT2D eigenvalue weighted by Gasteiger charge is -2.31. The number of methoxy groups -OCH3 is 1. The highest BCUT2D eigenvalue weighted by molar-refractivity contribution is 9.09. The third-order valence-electron chi connectivity index (χ3n) is 3.97. The Morgan fingerprint density at radius 1 is 1.16 bits per heavy atom. The second-order valence-electron chi connectivity index (χ2n) is 5.51. The molecule has 2 nitrogen and oxygen atoms in total. The van der Waals surface area contributed by atoms with Crippen molar-refractivity contribution in [3.05, 3.63) is 24.3 Å². The third kappa shape index (κ3) is 4.41. The van der Waals surface area contributed by atoms with Gasteiger partial charge in [-0.05, 0) is 61.8 Å². The van der Waals surface area contributed by atoms with Gasteiger partial charge in [0.2, 0.25) is 0 Å². The van der Waals surface area contributed by atoms with Gasteiger partial charge in [0.25, 0.3) is 0 Å². The summed E-state index contributed by atoms with van der Waals surface area (Å²) >= 11 is 3.82. The van der Waals surface area contributed by atoms with Crippen LogP contribution < -0.4 is 9.47 Å². The second-order valence-corrected chi connectivity index (χ2v) is 6.68. The Hall–Kier alpha value is -0.700. The van der Waals surface area contributed by atoms with Gasteiger partial charge in [-0.3, -0.25) is 0 Å². The molecule has 1 aromatic carbocycles. The Kier molecular flexibility index (Phi) is 5.56. The molecule has 2 rings (SSSR count). The van der Waals surface area contributed by atoms with Crippen molar-refractivity contribution in [2.75, 3.05) is 13.7 Å². The minimum Gasteiger partial charge on any atom is -0.497 e. The minimum absolute atomic E-state index is 0.670. The fraction of sp³-hybridized carbons (Fsp3) is 0.625. The van der Waals surface area contributed by atoms with Crippen LogP contribution in [-0.4, -0.2) is 18.5 Å². The molecule has 0 spiro atoms. The van der Waals surface area contributed by atoms with Crippen LogP contribution in [0.4, 0.5) is 0 Å². The molecule has 0 heterocycles. The first-order chi connectivity index (χ1) is 9.19. The summed E-state index contributed by atoms with van der Waals surface area (Å²) in [5.41, 5.74) is 0. The monoisotopic (exact) mass is 326 g/mol. The summed E-state index contributed by atoms with van der Waals surface area (Å²) in [4.78, 5) is 0.670. The van der Waals surface area contributed by atoms with Crippen molar-refractivity contribution in [2.45, 2.75) is 37.4 Å². The Labute approximate surface area is 124 Å². The van der Waals surface area contributed by atoms with E-state index in [9.17, 15) is 0 Å². The summed E-state index contributed by atoms with van der Waals surface area (Å²) in [5, 5.41) is 0. The van der Waals surface area contributed by atoms with Crippen LogP contribution in [0.1, 0.15) is 32.6 Å². The van der Waals surface area contributed by atoms with Crippen LogP contribution in [0.25, 0.3) is 0 Å². The predicted octanol–water partition coefficient (Wildman–Crippen LogP) is 4.66. The van der Waals surface area contributed by atoms with Gasteiger partial charge < -0.3 is 9.47 Å². The Bertz CT molecular complexity index is 377. The summed E-state index contributed by atoms with van der Waals surface area (Å²) in [5.74, 6) is 3.41.